The van der Waals surface area contributed by atoms with Gasteiger partial charge in [-0.05, 0) is 30.5 Å². The lowest BCUT2D eigenvalue weighted by molar-refractivity contribution is 0.620. The van der Waals surface area contributed by atoms with Crippen LogP contribution >= 0.6 is 0 Å². The first-order valence-corrected chi connectivity index (χ1v) is 6.22. The first-order valence-electron chi connectivity index (χ1n) is 6.22. The van der Waals surface area contributed by atoms with Crippen LogP contribution < -0.4 is 10.2 Å². The van der Waals surface area contributed by atoms with Gasteiger partial charge in [0.05, 0.1) is 0 Å². The standard InChI is InChI=1S/C14H22N2/c1-11(2)10-16-8-7-12-5-4-6-13(9-15-3)14(12)16/h4-6,11,15H,7-10H2,1-3H3. The summed E-state index contributed by atoms with van der Waals surface area (Å²) in [6.07, 6.45) is 1.21. The third kappa shape index (κ3) is 2.22. The van der Waals surface area contributed by atoms with Crippen molar-refractivity contribution in [3.8, 4) is 0 Å². The van der Waals surface area contributed by atoms with Crippen LogP contribution in [0.5, 0.6) is 0 Å². The van der Waals surface area contributed by atoms with Crippen LogP contribution in [0.3, 0.4) is 0 Å². The van der Waals surface area contributed by atoms with Crippen molar-refractivity contribution in [2.45, 2.75) is 26.8 Å². The van der Waals surface area contributed by atoms with Crippen LogP contribution in [0.15, 0.2) is 18.2 Å². The average Bonchev–Trinajstić information content (AvgIpc) is 2.62. The average molecular weight is 218 g/mol. The zero-order chi connectivity index (χ0) is 11.5. The summed E-state index contributed by atoms with van der Waals surface area (Å²) in [5.74, 6) is 0.730. The van der Waals surface area contributed by atoms with Crippen LogP contribution in [-0.2, 0) is 13.0 Å². The topological polar surface area (TPSA) is 15.3 Å². The molecule has 2 rings (SSSR count). The first kappa shape index (κ1) is 11.5. The van der Waals surface area contributed by atoms with Crippen molar-refractivity contribution in [2.24, 2.45) is 5.92 Å². The number of benzene rings is 1. The van der Waals surface area contributed by atoms with Gasteiger partial charge >= 0.3 is 0 Å². The molecule has 0 aromatic heterocycles. The Morgan fingerprint density at radius 2 is 2.19 bits per heavy atom. The van der Waals surface area contributed by atoms with Gasteiger partial charge in [-0.1, -0.05) is 32.0 Å². The highest BCUT2D eigenvalue weighted by Gasteiger charge is 2.21. The van der Waals surface area contributed by atoms with E-state index in [1.165, 1.54) is 36.3 Å². The summed E-state index contributed by atoms with van der Waals surface area (Å²) >= 11 is 0. The Hall–Kier alpha value is -1.02. The molecular weight excluding hydrogens is 196 g/mol. The smallest absolute Gasteiger partial charge is 0.0445 e. The van der Waals surface area contributed by atoms with Crippen LogP contribution in [0.2, 0.25) is 0 Å². The fourth-order valence-corrected chi connectivity index (χ4v) is 2.58. The van der Waals surface area contributed by atoms with Gasteiger partial charge in [0.2, 0.25) is 0 Å². The molecule has 0 aliphatic carbocycles. The van der Waals surface area contributed by atoms with Crippen molar-refractivity contribution in [1.82, 2.24) is 5.32 Å². The van der Waals surface area contributed by atoms with E-state index in [4.69, 9.17) is 0 Å². The van der Waals surface area contributed by atoms with Gasteiger partial charge in [-0.3, -0.25) is 0 Å². The van der Waals surface area contributed by atoms with Gasteiger partial charge in [0, 0.05) is 25.3 Å². The minimum Gasteiger partial charge on any atom is -0.370 e. The maximum Gasteiger partial charge on any atom is 0.0445 e. The van der Waals surface area contributed by atoms with E-state index in [1.54, 1.807) is 0 Å². The SMILES string of the molecule is CNCc1cccc2c1N(CC(C)C)CC2. The predicted molar refractivity (Wildman–Crippen MR) is 70.0 cm³/mol. The summed E-state index contributed by atoms with van der Waals surface area (Å²) in [5.41, 5.74) is 4.46. The van der Waals surface area contributed by atoms with Crippen molar-refractivity contribution in [1.29, 1.82) is 0 Å². The van der Waals surface area contributed by atoms with E-state index in [0.29, 0.717) is 0 Å². The molecule has 0 radical (unpaired) electrons. The molecule has 0 saturated carbocycles. The monoisotopic (exact) mass is 218 g/mol. The van der Waals surface area contributed by atoms with Crippen LogP contribution in [0.25, 0.3) is 0 Å². The summed E-state index contributed by atoms with van der Waals surface area (Å²) in [6.45, 7) is 7.91. The van der Waals surface area contributed by atoms with Crippen molar-refractivity contribution < 1.29 is 0 Å². The van der Waals surface area contributed by atoms with Gasteiger partial charge in [0.15, 0.2) is 0 Å². The Kier molecular flexibility index (Phi) is 3.49. The minimum absolute atomic E-state index is 0.730. The van der Waals surface area contributed by atoms with E-state index in [2.05, 4.69) is 42.3 Å². The maximum absolute atomic E-state index is 3.26. The minimum atomic E-state index is 0.730. The summed E-state index contributed by atoms with van der Waals surface area (Å²) in [6, 6.07) is 6.70. The van der Waals surface area contributed by atoms with Gasteiger partial charge in [-0.25, -0.2) is 0 Å². The van der Waals surface area contributed by atoms with Crippen molar-refractivity contribution in [3.63, 3.8) is 0 Å². The molecule has 0 unspecified atom stereocenters. The third-order valence-corrected chi connectivity index (χ3v) is 3.12. The van der Waals surface area contributed by atoms with E-state index >= 15 is 0 Å². The molecule has 1 heterocycles. The fraction of sp³-hybridized carbons (Fsp3) is 0.571. The normalized spacial score (nSPS) is 14.6. The summed E-state index contributed by atoms with van der Waals surface area (Å²) < 4.78 is 0. The highest BCUT2D eigenvalue weighted by Crippen LogP contribution is 2.32. The molecule has 16 heavy (non-hydrogen) atoms. The molecule has 0 fully saturated rings. The van der Waals surface area contributed by atoms with Crippen molar-refractivity contribution in [2.75, 3.05) is 25.0 Å². The molecule has 1 N–H and O–H groups in total. The number of fused-ring (bicyclic) bond motifs is 1. The van der Waals surface area contributed by atoms with Crippen LogP contribution in [-0.4, -0.2) is 20.1 Å². The molecule has 2 heteroatoms. The molecule has 0 saturated heterocycles. The van der Waals surface area contributed by atoms with Crippen LogP contribution in [0.4, 0.5) is 5.69 Å². The van der Waals surface area contributed by atoms with Crippen LogP contribution in [0.1, 0.15) is 25.0 Å². The first-order chi connectivity index (χ1) is 7.72. The summed E-state index contributed by atoms with van der Waals surface area (Å²) in [7, 11) is 2.02. The molecule has 0 bridgehead atoms. The lowest BCUT2D eigenvalue weighted by Gasteiger charge is -2.24. The van der Waals surface area contributed by atoms with E-state index < -0.39 is 0 Å². The summed E-state index contributed by atoms with van der Waals surface area (Å²) in [5, 5.41) is 3.26. The number of hydrogen-bond acceptors (Lipinski definition) is 2. The molecule has 88 valence electrons. The van der Waals surface area contributed by atoms with E-state index in [1.807, 2.05) is 7.05 Å². The predicted octanol–water partition coefficient (Wildman–Crippen LogP) is 2.42. The molecule has 0 atom stereocenters. The van der Waals surface area contributed by atoms with E-state index in [9.17, 15) is 0 Å². The van der Waals surface area contributed by atoms with Gasteiger partial charge in [-0.2, -0.15) is 0 Å². The van der Waals surface area contributed by atoms with E-state index in [-0.39, 0.29) is 0 Å². The number of nitrogens with one attached hydrogen (secondary N) is 1. The largest absolute Gasteiger partial charge is 0.370 e. The second kappa shape index (κ2) is 4.88. The lowest BCUT2D eigenvalue weighted by Crippen LogP contribution is -2.26. The highest BCUT2D eigenvalue weighted by atomic mass is 15.2. The number of nitrogens with zero attached hydrogens (tertiary/aromatic N) is 1. The molecule has 1 aliphatic heterocycles. The molecule has 2 nitrogen and oxygen atoms in total. The van der Waals surface area contributed by atoms with Gasteiger partial charge in [0.25, 0.3) is 0 Å². The quantitative estimate of drug-likeness (QED) is 0.835. The van der Waals surface area contributed by atoms with E-state index in [0.717, 1.165) is 12.5 Å². The lowest BCUT2D eigenvalue weighted by atomic mass is 10.1. The Morgan fingerprint density at radius 1 is 1.38 bits per heavy atom. The fourth-order valence-electron chi connectivity index (χ4n) is 2.58. The third-order valence-electron chi connectivity index (χ3n) is 3.12. The molecular formula is C14H22N2. The maximum atomic E-state index is 3.26. The summed E-state index contributed by atoms with van der Waals surface area (Å²) in [4.78, 5) is 2.55. The second-order valence-corrected chi connectivity index (χ2v) is 5.05. The molecule has 0 spiro atoms. The second-order valence-electron chi connectivity index (χ2n) is 5.05. The molecule has 1 aliphatic rings. The van der Waals surface area contributed by atoms with Gasteiger partial charge in [0.1, 0.15) is 0 Å². The number of anilines is 1. The Bertz CT molecular complexity index is 358. The number of para-hydroxylation sites is 1. The Balaban J connectivity index is 2.27. The number of hydrogen-bond donors (Lipinski definition) is 1. The molecule has 0 amide bonds. The van der Waals surface area contributed by atoms with Gasteiger partial charge < -0.3 is 10.2 Å². The zero-order valence-electron chi connectivity index (χ0n) is 10.6. The van der Waals surface area contributed by atoms with Gasteiger partial charge in [-0.15, -0.1) is 0 Å². The Labute approximate surface area is 98.7 Å². The zero-order valence-corrected chi connectivity index (χ0v) is 10.6. The van der Waals surface area contributed by atoms with Crippen molar-refractivity contribution >= 4 is 5.69 Å². The molecule has 1 aromatic carbocycles. The molecule has 1 aromatic rings. The highest BCUT2D eigenvalue weighted by molar-refractivity contribution is 5.63. The van der Waals surface area contributed by atoms with Crippen molar-refractivity contribution in [3.05, 3.63) is 29.3 Å². The van der Waals surface area contributed by atoms with Crippen LogP contribution in [0, 0.1) is 5.92 Å². The number of rotatable bonds is 4. The Morgan fingerprint density at radius 3 is 2.88 bits per heavy atom.